The number of hydrogen-bond donors (Lipinski definition) is 1. The molecule has 0 amide bonds. The monoisotopic (exact) mass is 235 g/mol. The summed E-state index contributed by atoms with van der Waals surface area (Å²) in [6.45, 7) is 0.880. The molecule has 17 heavy (non-hydrogen) atoms. The average Bonchev–Trinajstić information content (AvgIpc) is 2.37. The number of hydrogen-bond acceptors (Lipinski definition) is 3. The standard InChI is InChI=1S/C12H17N3O2/c13-15-14-9-12(16)10-17-8-4-7-11-5-2-1-3-6-11/h1-3,5-6,12,16H,4,7-10H2. The third kappa shape index (κ3) is 6.58. The van der Waals surface area contributed by atoms with Crippen molar-refractivity contribution in [3.8, 4) is 0 Å². The molecule has 1 aromatic rings. The van der Waals surface area contributed by atoms with Crippen LogP contribution >= 0.6 is 0 Å². The SMILES string of the molecule is [N-]=[N+]=NCC(O)COCCCc1ccccc1. The molecule has 0 radical (unpaired) electrons. The van der Waals surface area contributed by atoms with Crippen LogP contribution in [0.15, 0.2) is 35.4 Å². The van der Waals surface area contributed by atoms with Crippen LogP contribution in [0.4, 0.5) is 0 Å². The Kier molecular flexibility index (Phi) is 6.82. The van der Waals surface area contributed by atoms with Gasteiger partial charge in [-0.05, 0) is 23.9 Å². The van der Waals surface area contributed by atoms with Crippen molar-refractivity contribution < 1.29 is 9.84 Å². The Labute approximate surface area is 101 Å². The van der Waals surface area contributed by atoms with Gasteiger partial charge in [0.05, 0.1) is 19.3 Å². The fourth-order valence-electron chi connectivity index (χ4n) is 1.43. The molecule has 1 rings (SSSR count). The second-order valence-corrected chi connectivity index (χ2v) is 3.73. The first-order chi connectivity index (χ1) is 8.33. The Bertz CT molecular complexity index is 350. The minimum atomic E-state index is -0.706. The first-order valence-electron chi connectivity index (χ1n) is 5.63. The van der Waals surface area contributed by atoms with Gasteiger partial charge in [-0.1, -0.05) is 35.4 Å². The summed E-state index contributed by atoms with van der Waals surface area (Å²) in [7, 11) is 0. The maximum Gasteiger partial charge on any atom is 0.0829 e. The van der Waals surface area contributed by atoms with E-state index in [0.717, 1.165) is 12.8 Å². The number of azide groups is 1. The zero-order valence-electron chi connectivity index (χ0n) is 9.70. The van der Waals surface area contributed by atoms with Crippen molar-refractivity contribution >= 4 is 0 Å². The molecule has 1 unspecified atom stereocenters. The Morgan fingerprint density at radius 2 is 2.12 bits per heavy atom. The van der Waals surface area contributed by atoms with Crippen LogP contribution in [0.25, 0.3) is 10.4 Å². The predicted molar refractivity (Wildman–Crippen MR) is 65.6 cm³/mol. The van der Waals surface area contributed by atoms with E-state index in [0.29, 0.717) is 6.61 Å². The molecule has 92 valence electrons. The molecule has 0 fully saturated rings. The summed E-state index contributed by atoms with van der Waals surface area (Å²) in [5.74, 6) is 0. The van der Waals surface area contributed by atoms with E-state index in [4.69, 9.17) is 10.3 Å². The van der Waals surface area contributed by atoms with Gasteiger partial charge in [0.15, 0.2) is 0 Å². The summed E-state index contributed by atoms with van der Waals surface area (Å²) >= 11 is 0. The fraction of sp³-hybridized carbons (Fsp3) is 0.500. The number of ether oxygens (including phenoxy) is 1. The first-order valence-corrected chi connectivity index (χ1v) is 5.63. The van der Waals surface area contributed by atoms with Crippen molar-refractivity contribution in [2.75, 3.05) is 19.8 Å². The Balaban J connectivity index is 2.03. The molecule has 0 aromatic heterocycles. The van der Waals surface area contributed by atoms with Crippen molar-refractivity contribution in [3.63, 3.8) is 0 Å². The molecule has 1 aromatic carbocycles. The molecule has 5 nitrogen and oxygen atoms in total. The average molecular weight is 235 g/mol. The van der Waals surface area contributed by atoms with E-state index in [1.165, 1.54) is 5.56 Å². The van der Waals surface area contributed by atoms with Crippen molar-refractivity contribution in [1.29, 1.82) is 0 Å². The van der Waals surface area contributed by atoms with Crippen LogP contribution in [0.1, 0.15) is 12.0 Å². The van der Waals surface area contributed by atoms with Crippen LogP contribution < -0.4 is 0 Å². The molecular formula is C12H17N3O2. The largest absolute Gasteiger partial charge is 0.391 e. The van der Waals surface area contributed by atoms with Gasteiger partial charge >= 0.3 is 0 Å². The zero-order chi connectivity index (χ0) is 12.3. The number of aliphatic hydroxyl groups is 1. The minimum absolute atomic E-state index is 0.0647. The Morgan fingerprint density at radius 3 is 2.82 bits per heavy atom. The number of rotatable bonds is 8. The van der Waals surface area contributed by atoms with Gasteiger partial charge in [-0.25, -0.2) is 0 Å². The quantitative estimate of drug-likeness (QED) is 0.325. The van der Waals surface area contributed by atoms with Crippen LogP contribution in [0.3, 0.4) is 0 Å². The predicted octanol–water partition coefficient (Wildman–Crippen LogP) is 2.31. The van der Waals surface area contributed by atoms with Gasteiger partial charge in [0, 0.05) is 11.5 Å². The lowest BCUT2D eigenvalue weighted by Crippen LogP contribution is -2.18. The van der Waals surface area contributed by atoms with Crippen molar-refractivity contribution in [2.24, 2.45) is 5.11 Å². The summed E-state index contributed by atoms with van der Waals surface area (Å²) in [6.07, 6.45) is 1.17. The molecule has 0 saturated heterocycles. The molecule has 0 saturated carbocycles. The van der Waals surface area contributed by atoms with E-state index >= 15 is 0 Å². The van der Waals surface area contributed by atoms with Crippen LogP contribution in [0.5, 0.6) is 0 Å². The molecule has 0 aliphatic rings. The van der Waals surface area contributed by atoms with Gasteiger partial charge in [0.1, 0.15) is 0 Å². The third-order valence-corrected chi connectivity index (χ3v) is 2.26. The van der Waals surface area contributed by atoms with Gasteiger partial charge in [-0.2, -0.15) is 0 Å². The summed E-state index contributed by atoms with van der Waals surface area (Å²) in [5, 5.41) is 12.6. The van der Waals surface area contributed by atoms with Gasteiger partial charge in [-0.3, -0.25) is 0 Å². The number of aliphatic hydroxyl groups excluding tert-OH is 1. The summed E-state index contributed by atoms with van der Waals surface area (Å²) in [4.78, 5) is 2.57. The summed E-state index contributed by atoms with van der Waals surface area (Å²) in [5.41, 5.74) is 9.34. The topological polar surface area (TPSA) is 78.2 Å². The smallest absolute Gasteiger partial charge is 0.0829 e. The lowest BCUT2D eigenvalue weighted by molar-refractivity contribution is 0.0405. The van der Waals surface area contributed by atoms with E-state index in [1.807, 2.05) is 18.2 Å². The van der Waals surface area contributed by atoms with Crippen molar-refractivity contribution in [2.45, 2.75) is 18.9 Å². The second kappa shape index (κ2) is 8.58. The molecule has 0 aliphatic heterocycles. The highest BCUT2D eigenvalue weighted by Gasteiger charge is 2.01. The third-order valence-electron chi connectivity index (χ3n) is 2.26. The minimum Gasteiger partial charge on any atom is -0.391 e. The molecule has 5 heteroatoms. The van der Waals surface area contributed by atoms with E-state index in [-0.39, 0.29) is 13.2 Å². The van der Waals surface area contributed by atoms with Crippen LogP contribution in [-0.2, 0) is 11.2 Å². The fourth-order valence-corrected chi connectivity index (χ4v) is 1.43. The molecule has 0 bridgehead atoms. The summed E-state index contributed by atoms with van der Waals surface area (Å²) in [6, 6.07) is 10.2. The van der Waals surface area contributed by atoms with E-state index < -0.39 is 6.10 Å². The highest BCUT2D eigenvalue weighted by Crippen LogP contribution is 2.02. The highest BCUT2D eigenvalue weighted by atomic mass is 16.5. The van der Waals surface area contributed by atoms with E-state index in [2.05, 4.69) is 22.2 Å². The molecule has 1 N–H and O–H groups in total. The zero-order valence-corrected chi connectivity index (χ0v) is 9.70. The Hall–Kier alpha value is -1.55. The molecule has 1 atom stereocenters. The maximum absolute atomic E-state index is 9.31. The maximum atomic E-state index is 9.31. The summed E-state index contributed by atoms with van der Waals surface area (Å²) < 4.78 is 5.28. The number of aryl methyl sites for hydroxylation is 1. The Morgan fingerprint density at radius 1 is 1.35 bits per heavy atom. The highest BCUT2D eigenvalue weighted by molar-refractivity contribution is 5.14. The number of nitrogens with zero attached hydrogens (tertiary/aromatic N) is 3. The number of benzene rings is 1. The second-order valence-electron chi connectivity index (χ2n) is 3.73. The van der Waals surface area contributed by atoms with E-state index in [9.17, 15) is 5.11 Å². The lowest BCUT2D eigenvalue weighted by atomic mass is 10.1. The molecule has 0 spiro atoms. The van der Waals surface area contributed by atoms with Gasteiger partial charge < -0.3 is 9.84 Å². The van der Waals surface area contributed by atoms with Crippen molar-refractivity contribution in [3.05, 3.63) is 46.3 Å². The molecule has 0 heterocycles. The molecule has 0 aliphatic carbocycles. The van der Waals surface area contributed by atoms with Gasteiger partial charge in [-0.15, -0.1) is 0 Å². The van der Waals surface area contributed by atoms with E-state index in [1.54, 1.807) is 0 Å². The van der Waals surface area contributed by atoms with Gasteiger partial charge in [0.2, 0.25) is 0 Å². The van der Waals surface area contributed by atoms with Crippen LogP contribution in [0.2, 0.25) is 0 Å². The van der Waals surface area contributed by atoms with Gasteiger partial charge in [0.25, 0.3) is 0 Å². The molecular weight excluding hydrogens is 218 g/mol. The normalized spacial score (nSPS) is 11.8. The van der Waals surface area contributed by atoms with Crippen molar-refractivity contribution in [1.82, 2.24) is 0 Å². The van der Waals surface area contributed by atoms with Crippen LogP contribution in [0, 0.1) is 0 Å². The lowest BCUT2D eigenvalue weighted by Gasteiger charge is -2.08. The first kappa shape index (κ1) is 13.5. The van der Waals surface area contributed by atoms with Crippen LogP contribution in [-0.4, -0.2) is 31.0 Å².